The molecule has 0 saturated heterocycles. The lowest BCUT2D eigenvalue weighted by Gasteiger charge is -2.43. The minimum Gasteiger partial charge on any atom is -0.468 e. The van der Waals surface area contributed by atoms with E-state index in [0.717, 1.165) is 22.3 Å². The maximum Gasteiger partial charge on any atom is 0.315 e. The summed E-state index contributed by atoms with van der Waals surface area (Å²) in [4.78, 5) is 26.8. The number of carbonyl (C=O) groups is 2. The summed E-state index contributed by atoms with van der Waals surface area (Å²) in [5.41, 5.74) is 2.12. The smallest absolute Gasteiger partial charge is 0.315 e. The molecule has 0 aromatic heterocycles. The molecule has 2 aromatic rings. The fourth-order valence-corrected chi connectivity index (χ4v) is 5.55. The minimum absolute atomic E-state index is 0.356. The second kappa shape index (κ2) is 7.30. The molecule has 0 saturated carbocycles. The van der Waals surface area contributed by atoms with Crippen LogP contribution in [-0.2, 0) is 49.5 Å². The van der Waals surface area contributed by atoms with Gasteiger partial charge in [0.05, 0.1) is 20.3 Å². The summed E-state index contributed by atoms with van der Waals surface area (Å²) in [6.45, 7) is 0. The van der Waals surface area contributed by atoms with E-state index in [4.69, 9.17) is 14.2 Å². The van der Waals surface area contributed by atoms with Crippen molar-refractivity contribution in [1.29, 1.82) is 0 Å². The molecule has 0 N–H and O–H groups in total. The van der Waals surface area contributed by atoms with Gasteiger partial charge in [0.25, 0.3) is 0 Å². The Kier molecular flexibility index (Phi) is 4.95. The normalized spacial score (nSPS) is 27.6. The van der Waals surface area contributed by atoms with Crippen molar-refractivity contribution in [2.75, 3.05) is 21.3 Å². The fraction of sp³-hybridized carbons (Fsp3) is 0.417. The predicted molar refractivity (Wildman–Crippen MR) is 107 cm³/mol. The maximum absolute atomic E-state index is 13.4. The minimum atomic E-state index is -1.03. The molecule has 2 aromatic carbocycles. The molecule has 0 aliphatic heterocycles. The van der Waals surface area contributed by atoms with Crippen molar-refractivity contribution in [1.82, 2.24) is 0 Å². The quantitative estimate of drug-likeness (QED) is 0.749. The summed E-state index contributed by atoms with van der Waals surface area (Å²) in [7, 11) is 4.38. The number of fused-ring (bicyclic) bond motifs is 4. The van der Waals surface area contributed by atoms with Gasteiger partial charge >= 0.3 is 11.9 Å². The lowest BCUT2D eigenvalue weighted by atomic mass is 9.64. The second-order valence-electron chi connectivity index (χ2n) is 8.16. The van der Waals surface area contributed by atoms with Gasteiger partial charge in [0.1, 0.15) is 10.8 Å². The van der Waals surface area contributed by atoms with Gasteiger partial charge in [-0.25, -0.2) is 0 Å². The third-order valence-corrected chi connectivity index (χ3v) is 6.68. The molecule has 152 valence electrons. The highest BCUT2D eigenvalue weighted by Crippen LogP contribution is 2.52. The van der Waals surface area contributed by atoms with E-state index >= 15 is 0 Å². The molecule has 0 radical (unpaired) electrons. The Bertz CT molecular complexity index is 822. The topological polar surface area (TPSA) is 61.8 Å². The zero-order valence-corrected chi connectivity index (χ0v) is 17.1. The number of ether oxygens (including phenoxy) is 3. The number of rotatable bonds is 3. The number of methoxy groups -OCH3 is 3. The zero-order chi connectivity index (χ0) is 20.6. The Morgan fingerprint density at radius 1 is 0.690 bits per heavy atom. The number of hydrogen-bond acceptors (Lipinski definition) is 5. The molecule has 29 heavy (non-hydrogen) atoms. The van der Waals surface area contributed by atoms with Crippen LogP contribution >= 0.6 is 0 Å². The van der Waals surface area contributed by atoms with Crippen LogP contribution in [0.3, 0.4) is 0 Å². The lowest BCUT2D eigenvalue weighted by molar-refractivity contribution is -0.183. The zero-order valence-electron chi connectivity index (χ0n) is 17.1. The molecular formula is C24H26O5. The molecule has 0 atom stereocenters. The molecule has 0 spiro atoms. The Morgan fingerprint density at radius 3 is 1.24 bits per heavy atom. The van der Waals surface area contributed by atoms with Crippen molar-refractivity contribution in [2.24, 2.45) is 10.8 Å². The highest BCUT2D eigenvalue weighted by Gasteiger charge is 2.63. The van der Waals surface area contributed by atoms with Crippen LogP contribution in [0, 0.1) is 10.8 Å². The largest absolute Gasteiger partial charge is 0.468 e. The third kappa shape index (κ3) is 2.87. The summed E-state index contributed by atoms with van der Waals surface area (Å²) in [6, 6.07) is 16.0. The Hall–Kier alpha value is -2.66. The van der Waals surface area contributed by atoms with Crippen LogP contribution in [0.25, 0.3) is 0 Å². The van der Waals surface area contributed by atoms with E-state index in [2.05, 4.69) is 0 Å². The van der Waals surface area contributed by atoms with E-state index in [0.29, 0.717) is 25.7 Å². The Labute approximate surface area is 171 Å². The van der Waals surface area contributed by atoms with E-state index < -0.39 is 16.9 Å². The highest BCUT2D eigenvalue weighted by atomic mass is 16.5. The van der Waals surface area contributed by atoms with Gasteiger partial charge in [-0.2, -0.15) is 0 Å². The number of benzene rings is 2. The molecule has 2 bridgehead atoms. The molecule has 5 heteroatoms. The average molecular weight is 394 g/mol. The van der Waals surface area contributed by atoms with Gasteiger partial charge in [0.15, 0.2) is 0 Å². The summed E-state index contributed by atoms with van der Waals surface area (Å²) < 4.78 is 16.7. The molecule has 0 amide bonds. The first kappa shape index (κ1) is 19.6. The Balaban J connectivity index is 2.07. The van der Waals surface area contributed by atoms with E-state index in [1.807, 2.05) is 48.5 Å². The predicted octanol–water partition coefficient (Wildman–Crippen LogP) is 2.92. The standard InChI is InChI=1S/C24H26O5/c1-27-20-23(21(25)28-2)12-16-8-4-6-10-18(16)14-24(20,22(26)29-3)15-19-11-7-5-9-17(19)13-23/h4-11,20H,12-15H2,1-3H3. The summed E-state index contributed by atoms with van der Waals surface area (Å²) in [5.74, 6) is -0.711. The maximum atomic E-state index is 13.4. The van der Waals surface area contributed by atoms with E-state index in [1.165, 1.54) is 14.2 Å². The summed E-state index contributed by atoms with van der Waals surface area (Å²) >= 11 is 0. The van der Waals surface area contributed by atoms with Crippen molar-refractivity contribution >= 4 is 11.9 Å². The van der Waals surface area contributed by atoms with Gasteiger partial charge in [-0.15, -0.1) is 0 Å². The van der Waals surface area contributed by atoms with Gasteiger partial charge in [-0.1, -0.05) is 48.5 Å². The molecule has 5 nitrogen and oxygen atoms in total. The number of carbonyl (C=O) groups excluding carboxylic acids is 2. The first-order chi connectivity index (χ1) is 14.0. The van der Waals surface area contributed by atoms with E-state index in [1.54, 1.807) is 7.11 Å². The van der Waals surface area contributed by atoms with Gasteiger partial charge in [-0.05, 0) is 47.9 Å². The molecule has 4 rings (SSSR count). The second-order valence-corrected chi connectivity index (χ2v) is 8.16. The van der Waals surface area contributed by atoms with E-state index in [9.17, 15) is 9.59 Å². The summed E-state index contributed by atoms with van der Waals surface area (Å²) in [5, 5.41) is 0. The van der Waals surface area contributed by atoms with Gasteiger partial charge < -0.3 is 14.2 Å². The van der Waals surface area contributed by atoms with Crippen molar-refractivity contribution < 1.29 is 23.8 Å². The molecule has 2 aliphatic rings. The van der Waals surface area contributed by atoms with Crippen LogP contribution in [0.15, 0.2) is 48.5 Å². The molecule has 2 aliphatic carbocycles. The number of esters is 2. The van der Waals surface area contributed by atoms with Crippen LogP contribution < -0.4 is 0 Å². The van der Waals surface area contributed by atoms with Crippen LogP contribution in [0.5, 0.6) is 0 Å². The third-order valence-electron chi connectivity index (χ3n) is 6.68. The van der Waals surface area contributed by atoms with Gasteiger partial charge in [-0.3, -0.25) is 9.59 Å². The SMILES string of the molecule is COC(=O)C12Cc3ccccc3CC(C(=O)OC)(Cc3ccccc3C1)C2OC. The van der Waals surface area contributed by atoms with Crippen molar-refractivity contribution in [3.63, 3.8) is 0 Å². The first-order valence-corrected chi connectivity index (χ1v) is 9.84. The van der Waals surface area contributed by atoms with Gasteiger partial charge in [0, 0.05) is 7.11 Å². The van der Waals surface area contributed by atoms with Crippen LogP contribution in [0.1, 0.15) is 22.3 Å². The first-order valence-electron chi connectivity index (χ1n) is 9.84. The lowest BCUT2D eigenvalue weighted by Crippen LogP contribution is -2.58. The monoisotopic (exact) mass is 394 g/mol. The number of hydrogen-bond donors (Lipinski definition) is 0. The molecule has 0 unspecified atom stereocenters. The van der Waals surface area contributed by atoms with Crippen molar-refractivity contribution in [2.45, 2.75) is 31.8 Å². The Morgan fingerprint density at radius 2 is 1.00 bits per heavy atom. The van der Waals surface area contributed by atoms with Crippen molar-refractivity contribution in [3.05, 3.63) is 70.8 Å². The van der Waals surface area contributed by atoms with Crippen molar-refractivity contribution in [3.8, 4) is 0 Å². The highest BCUT2D eigenvalue weighted by molar-refractivity contribution is 5.85. The van der Waals surface area contributed by atoms with Crippen LogP contribution in [0.4, 0.5) is 0 Å². The van der Waals surface area contributed by atoms with Crippen LogP contribution in [0.2, 0.25) is 0 Å². The molecule has 0 heterocycles. The summed E-state index contributed by atoms with van der Waals surface area (Å²) in [6.07, 6.45) is 1.10. The average Bonchev–Trinajstić information content (AvgIpc) is 2.95. The molecular weight excluding hydrogens is 368 g/mol. The fourth-order valence-electron chi connectivity index (χ4n) is 5.55. The molecule has 0 fully saturated rings. The van der Waals surface area contributed by atoms with Gasteiger partial charge in [0.2, 0.25) is 0 Å². The van der Waals surface area contributed by atoms with E-state index in [-0.39, 0.29) is 11.9 Å². The van der Waals surface area contributed by atoms with Crippen LogP contribution in [-0.4, -0.2) is 39.4 Å².